The molecule has 1 amide bonds. The normalized spacial score (nSPS) is 24.3. The van der Waals surface area contributed by atoms with Crippen molar-refractivity contribution < 1.29 is 9.53 Å². The van der Waals surface area contributed by atoms with Gasteiger partial charge in [0.2, 0.25) is 0 Å². The molecule has 0 saturated carbocycles. The zero-order chi connectivity index (χ0) is 13.2. The third kappa shape index (κ3) is 2.48. The maximum Gasteiger partial charge on any atom is 0.276 e. The van der Waals surface area contributed by atoms with E-state index in [2.05, 4.69) is 15.6 Å². The SMILES string of the molecule is COC1CCCN(C(=O)c2cn(C3CNC3)nn2)C1. The van der Waals surface area contributed by atoms with Gasteiger partial charge in [-0.25, -0.2) is 4.68 Å². The highest BCUT2D eigenvalue weighted by Gasteiger charge is 2.27. The second kappa shape index (κ2) is 5.26. The van der Waals surface area contributed by atoms with Crippen molar-refractivity contribution in [2.75, 3.05) is 33.3 Å². The Bertz CT molecular complexity index is 457. The lowest BCUT2D eigenvalue weighted by molar-refractivity contribution is 0.0265. The number of carbonyl (C=O) groups excluding carboxylic acids is 1. The van der Waals surface area contributed by atoms with Gasteiger partial charge in [0.1, 0.15) is 0 Å². The number of hydrogen-bond donors (Lipinski definition) is 1. The monoisotopic (exact) mass is 265 g/mol. The number of nitrogens with zero attached hydrogens (tertiary/aromatic N) is 4. The third-order valence-electron chi connectivity index (χ3n) is 3.86. The number of ether oxygens (including phenoxy) is 1. The molecule has 0 radical (unpaired) electrons. The van der Waals surface area contributed by atoms with Crippen molar-refractivity contribution in [1.82, 2.24) is 25.2 Å². The summed E-state index contributed by atoms with van der Waals surface area (Å²) in [4.78, 5) is 14.2. The number of nitrogens with one attached hydrogen (secondary N) is 1. The van der Waals surface area contributed by atoms with Crippen LogP contribution in [0.15, 0.2) is 6.20 Å². The third-order valence-corrected chi connectivity index (χ3v) is 3.86. The summed E-state index contributed by atoms with van der Waals surface area (Å²) < 4.78 is 7.11. The first-order valence-electron chi connectivity index (χ1n) is 6.72. The van der Waals surface area contributed by atoms with Gasteiger partial charge in [-0.2, -0.15) is 0 Å². The second-order valence-electron chi connectivity index (χ2n) is 5.15. The first kappa shape index (κ1) is 12.6. The number of amides is 1. The molecular weight excluding hydrogens is 246 g/mol. The van der Waals surface area contributed by atoms with E-state index in [1.54, 1.807) is 18.0 Å². The quantitative estimate of drug-likeness (QED) is 0.810. The van der Waals surface area contributed by atoms with Crippen molar-refractivity contribution in [2.45, 2.75) is 25.0 Å². The van der Waals surface area contributed by atoms with Gasteiger partial charge in [0.25, 0.3) is 5.91 Å². The molecular formula is C12H19N5O2. The number of hydrogen-bond acceptors (Lipinski definition) is 5. The Morgan fingerprint density at radius 3 is 3.05 bits per heavy atom. The first-order chi connectivity index (χ1) is 9.28. The molecule has 0 aromatic carbocycles. The number of methoxy groups -OCH3 is 1. The average Bonchev–Trinajstić information content (AvgIpc) is 2.85. The molecule has 1 unspecified atom stereocenters. The Balaban J connectivity index is 1.67. The van der Waals surface area contributed by atoms with E-state index < -0.39 is 0 Å². The molecule has 1 aromatic rings. The van der Waals surface area contributed by atoms with Gasteiger partial charge in [0.05, 0.1) is 18.3 Å². The molecule has 7 heteroatoms. The largest absolute Gasteiger partial charge is 0.380 e. The van der Waals surface area contributed by atoms with E-state index in [-0.39, 0.29) is 12.0 Å². The van der Waals surface area contributed by atoms with Crippen LogP contribution < -0.4 is 5.32 Å². The standard InChI is InChI=1S/C12H19N5O2/c1-19-10-3-2-4-16(7-10)12(18)11-8-17(15-14-11)9-5-13-6-9/h8-10,13H,2-7H2,1H3. The van der Waals surface area contributed by atoms with Gasteiger partial charge in [-0.15, -0.1) is 5.10 Å². The van der Waals surface area contributed by atoms with Crippen molar-refractivity contribution in [3.8, 4) is 0 Å². The molecule has 1 N–H and O–H groups in total. The number of aromatic nitrogens is 3. The van der Waals surface area contributed by atoms with Crippen molar-refractivity contribution in [2.24, 2.45) is 0 Å². The van der Waals surface area contributed by atoms with E-state index in [0.717, 1.165) is 32.5 Å². The maximum atomic E-state index is 12.3. The van der Waals surface area contributed by atoms with Crippen LogP contribution in [0, 0.1) is 0 Å². The highest BCUT2D eigenvalue weighted by Crippen LogP contribution is 2.16. The summed E-state index contributed by atoms with van der Waals surface area (Å²) in [6, 6.07) is 0.335. The molecule has 2 fully saturated rings. The molecule has 0 spiro atoms. The molecule has 2 aliphatic heterocycles. The van der Waals surface area contributed by atoms with Crippen LogP contribution in [0.2, 0.25) is 0 Å². The summed E-state index contributed by atoms with van der Waals surface area (Å²) in [5, 5.41) is 11.2. The van der Waals surface area contributed by atoms with E-state index in [1.807, 2.05) is 4.90 Å². The Kier molecular flexibility index (Phi) is 3.48. The van der Waals surface area contributed by atoms with Gasteiger partial charge in [-0.1, -0.05) is 5.21 Å². The average molecular weight is 265 g/mol. The van der Waals surface area contributed by atoms with Crippen molar-refractivity contribution >= 4 is 5.91 Å². The summed E-state index contributed by atoms with van der Waals surface area (Å²) in [6.07, 6.45) is 3.89. The molecule has 19 heavy (non-hydrogen) atoms. The number of likely N-dealkylation sites (tertiary alicyclic amines) is 1. The van der Waals surface area contributed by atoms with Crippen LogP contribution in [0.5, 0.6) is 0 Å². The summed E-state index contributed by atoms with van der Waals surface area (Å²) in [5.74, 6) is -0.0414. The molecule has 104 valence electrons. The number of rotatable bonds is 3. The van der Waals surface area contributed by atoms with Crippen LogP contribution in [-0.2, 0) is 4.74 Å². The molecule has 2 saturated heterocycles. The summed E-state index contributed by atoms with van der Waals surface area (Å²) in [7, 11) is 1.69. The molecule has 0 aliphatic carbocycles. The molecule has 2 aliphatic rings. The summed E-state index contributed by atoms with van der Waals surface area (Å²) in [6.45, 7) is 3.21. The van der Waals surface area contributed by atoms with E-state index in [0.29, 0.717) is 18.3 Å². The minimum atomic E-state index is -0.0414. The van der Waals surface area contributed by atoms with Crippen LogP contribution in [-0.4, -0.2) is 65.2 Å². The molecule has 1 atom stereocenters. The fourth-order valence-electron chi connectivity index (χ4n) is 2.49. The van der Waals surface area contributed by atoms with Crippen molar-refractivity contribution in [1.29, 1.82) is 0 Å². The van der Waals surface area contributed by atoms with E-state index in [1.165, 1.54) is 0 Å². The molecule has 3 rings (SSSR count). The van der Waals surface area contributed by atoms with E-state index in [4.69, 9.17) is 4.74 Å². The van der Waals surface area contributed by atoms with Gasteiger partial charge in [-0.05, 0) is 12.8 Å². The zero-order valence-corrected chi connectivity index (χ0v) is 11.1. The van der Waals surface area contributed by atoms with Gasteiger partial charge in [0.15, 0.2) is 5.69 Å². The predicted molar refractivity (Wildman–Crippen MR) is 67.9 cm³/mol. The van der Waals surface area contributed by atoms with Gasteiger partial charge < -0.3 is 15.0 Å². The lowest BCUT2D eigenvalue weighted by atomic mass is 10.1. The maximum absolute atomic E-state index is 12.3. The number of carbonyl (C=O) groups is 1. The zero-order valence-electron chi connectivity index (χ0n) is 11.1. The van der Waals surface area contributed by atoms with Crippen molar-refractivity contribution in [3.63, 3.8) is 0 Å². The minimum Gasteiger partial charge on any atom is -0.380 e. The summed E-state index contributed by atoms with van der Waals surface area (Å²) in [5.41, 5.74) is 0.434. The molecule has 1 aromatic heterocycles. The predicted octanol–water partition coefficient (Wildman–Crippen LogP) is -0.327. The topological polar surface area (TPSA) is 72.3 Å². The Hall–Kier alpha value is -1.47. The molecule has 0 bridgehead atoms. The lowest BCUT2D eigenvalue weighted by Gasteiger charge is -2.31. The van der Waals surface area contributed by atoms with E-state index >= 15 is 0 Å². The number of piperidine rings is 1. The highest BCUT2D eigenvalue weighted by molar-refractivity contribution is 5.92. The Labute approximate surface area is 111 Å². The van der Waals surface area contributed by atoms with Crippen LogP contribution in [0.4, 0.5) is 0 Å². The highest BCUT2D eigenvalue weighted by atomic mass is 16.5. The smallest absolute Gasteiger partial charge is 0.276 e. The Morgan fingerprint density at radius 1 is 1.53 bits per heavy atom. The van der Waals surface area contributed by atoms with Gasteiger partial charge in [-0.3, -0.25) is 4.79 Å². The minimum absolute atomic E-state index is 0.0414. The van der Waals surface area contributed by atoms with Gasteiger partial charge >= 0.3 is 0 Å². The second-order valence-corrected chi connectivity index (χ2v) is 5.15. The molecule has 7 nitrogen and oxygen atoms in total. The van der Waals surface area contributed by atoms with Crippen molar-refractivity contribution in [3.05, 3.63) is 11.9 Å². The molecule has 3 heterocycles. The lowest BCUT2D eigenvalue weighted by Crippen LogP contribution is -2.44. The van der Waals surface area contributed by atoms with Crippen LogP contribution in [0.25, 0.3) is 0 Å². The van der Waals surface area contributed by atoms with Gasteiger partial charge in [0, 0.05) is 33.3 Å². The fraction of sp³-hybridized carbons (Fsp3) is 0.750. The van der Waals surface area contributed by atoms with E-state index in [9.17, 15) is 4.79 Å². The van der Waals surface area contributed by atoms with Crippen LogP contribution >= 0.6 is 0 Å². The van der Waals surface area contributed by atoms with Crippen LogP contribution in [0.1, 0.15) is 29.4 Å². The first-order valence-corrected chi connectivity index (χ1v) is 6.72. The summed E-state index contributed by atoms with van der Waals surface area (Å²) >= 11 is 0. The van der Waals surface area contributed by atoms with Crippen LogP contribution in [0.3, 0.4) is 0 Å². The Morgan fingerprint density at radius 2 is 2.37 bits per heavy atom. The fourth-order valence-corrected chi connectivity index (χ4v) is 2.49.